The van der Waals surface area contributed by atoms with E-state index in [9.17, 15) is 0 Å². The molecule has 0 radical (unpaired) electrons. The van der Waals surface area contributed by atoms with Gasteiger partial charge in [0.05, 0.1) is 0 Å². The molecule has 0 spiro atoms. The zero-order valence-electron chi connectivity index (χ0n) is 19.3. The van der Waals surface area contributed by atoms with E-state index >= 15 is 0 Å². The Hall–Kier alpha value is 0. The van der Waals surface area contributed by atoms with E-state index in [1.807, 2.05) is 0 Å². The van der Waals surface area contributed by atoms with Crippen molar-refractivity contribution in [1.82, 2.24) is 0 Å². The Morgan fingerprint density at radius 2 is 0.778 bits per heavy atom. The zero-order chi connectivity index (χ0) is 19.3. The van der Waals surface area contributed by atoms with Crippen LogP contribution in [0.2, 0.25) is 0 Å². The SMILES string of the molecule is CC1CC2CC(C)C(CCCC3C(C)CC4CC(C)C(C)CC43)C2CC1C. The first-order chi connectivity index (χ1) is 12.8. The van der Waals surface area contributed by atoms with E-state index in [0.29, 0.717) is 0 Å². The lowest BCUT2D eigenvalue weighted by Gasteiger charge is -2.39. The van der Waals surface area contributed by atoms with E-state index < -0.39 is 0 Å². The average Bonchev–Trinajstić information content (AvgIpc) is 3.06. The summed E-state index contributed by atoms with van der Waals surface area (Å²) in [6.45, 7) is 15.3. The lowest BCUT2D eigenvalue weighted by Crippen LogP contribution is -2.30. The molecule has 0 aromatic rings. The normalized spacial score (nSPS) is 55.3. The van der Waals surface area contributed by atoms with Gasteiger partial charge in [0.25, 0.3) is 0 Å². The quantitative estimate of drug-likeness (QED) is 0.468. The maximum absolute atomic E-state index is 2.59. The Labute approximate surface area is 170 Å². The topological polar surface area (TPSA) is 0 Å². The van der Waals surface area contributed by atoms with Crippen LogP contribution in [0.5, 0.6) is 0 Å². The van der Waals surface area contributed by atoms with E-state index in [4.69, 9.17) is 0 Å². The maximum atomic E-state index is 2.59. The summed E-state index contributed by atoms with van der Waals surface area (Å²) in [7, 11) is 0. The minimum absolute atomic E-state index is 0.973. The van der Waals surface area contributed by atoms with Gasteiger partial charge in [-0.2, -0.15) is 0 Å². The minimum atomic E-state index is 0.973. The summed E-state index contributed by atoms with van der Waals surface area (Å²) in [4.78, 5) is 0. The lowest BCUT2D eigenvalue weighted by molar-refractivity contribution is 0.112. The van der Waals surface area contributed by atoms with E-state index in [0.717, 1.165) is 71.0 Å². The molecule has 12 unspecified atom stereocenters. The molecule has 27 heavy (non-hydrogen) atoms. The predicted molar refractivity (Wildman–Crippen MR) is 117 cm³/mol. The fraction of sp³-hybridized carbons (Fsp3) is 1.00. The monoisotopic (exact) mass is 372 g/mol. The van der Waals surface area contributed by atoms with Crippen LogP contribution in [0.1, 0.15) is 99.3 Å². The van der Waals surface area contributed by atoms with Crippen molar-refractivity contribution in [1.29, 1.82) is 0 Å². The molecule has 4 saturated carbocycles. The Bertz CT molecular complexity index is 450. The van der Waals surface area contributed by atoms with Gasteiger partial charge in [-0.05, 0) is 122 Å². The van der Waals surface area contributed by atoms with Crippen molar-refractivity contribution in [3.8, 4) is 0 Å². The van der Waals surface area contributed by atoms with Crippen LogP contribution in [-0.2, 0) is 0 Å². The van der Waals surface area contributed by atoms with Gasteiger partial charge in [-0.3, -0.25) is 0 Å². The molecule has 12 atom stereocenters. The van der Waals surface area contributed by atoms with Gasteiger partial charge >= 0.3 is 0 Å². The minimum Gasteiger partial charge on any atom is -0.0622 e. The van der Waals surface area contributed by atoms with E-state index in [2.05, 4.69) is 41.5 Å². The molecule has 4 fully saturated rings. The van der Waals surface area contributed by atoms with Crippen molar-refractivity contribution in [2.75, 3.05) is 0 Å². The van der Waals surface area contributed by atoms with Crippen LogP contribution in [0.15, 0.2) is 0 Å². The third-order valence-electron chi connectivity index (χ3n) is 10.8. The first kappa shape index (κ1) is 20.3. The highest BCUT2D eigenvalue weighted by molar-refractivity contribution is 4.96. The van der Waals surface area contributed by atoms with Crippen molar-refractivity contribution >= 4 is 0 Å². The van der Waals surface area contributed by atoms with Gasteiger partial charge in [-0.25, -0.2) is 0 Å². The third-order valence-corrected chi connectivity index (χ3v) is 10.8. The van der Waals surface area contributed by atoms with Crippen molar-refractivity contribution in [3.63, 3.8) is 0 Å². The van der Waals surface area contributed by atoms with Crippen molar-refractivity contribution in [2.45, 2.75) is 99.3 Å². The van der Waals surface area contributed by atoms with Gasteiger partial charge in [0.15, 0.2) is 0 Å². The summed E-state index contributed by atoms with van der Waals surface area (Å²) in [5.74, 6) is 12.3. The largest absolute Gasteiger partial charge is 0.0622 e. The van der Waals surface area contributed by atoms with Gasteiger partial charge in [-0.1, -0.05) is 48.0 Å². The molecule has 0 heterocycles. The predicted octanol–water partition coefficient (Wildman–Crippen LogP) is 8.07. The molecular formula is C27H48. The highest BCUT2D eigenvalue weighted by Gasteiger charge is 2.46. The molecule has 4 aliphatic rings. The van der Waals surface area contributed by atoms with Crippen molar-refractivity contribution in [3.05, 3.63) is 0 Å². The second-order valence-electron chi connectivity index (χ2n) is 12.4. The summed E-state index contributed by atoms with van der Waals surface area (Å²) in [6, 6.07) is 0. The van der Waals surface area contributed by atoms with E-state index in [1.54, 1.807) is 38.5 Å². The molecule has 0 amide bonds. The Morgan fingerprint density at radius 1 is 0.444 bits per heavy atom. The Balaban J connectivity index is 1.31. The highest BCUT2D eigenvalue weighted by Crippen LogP contribution is 2.55. The first-order valence-electron chi connectivity index (χ1n) is 12.8. The van der Waals surface area contributed by atoms with Crippen molar-refractivity contribution in [2.24, 2.45) is 71.0 Å². The lowest BCUT2D eigenvalue weighted by atomic mass is 9.67. The third kappa shape index (κ3) is 3.90. The van der Waals surface area contributed by atoms with Gasteiger partial charge < -0.3 is 0 Å². The fourth-order valence-electron chi connectivity index (χ4n) is 8.80. The van der Waals surface area contributed by atoms with Crippen LogP contribution in [0.4, 0.5) is 0 Å². The molecule has 4 rings (SSSR count). The first-order valence-corrected chi connectivity index (χ1v) is 12.8. The smallest absolute Gasteiger partial charge is 0.0352 e. The van der Waals surface area contributed by atoms with Crippen LogP contribution in [0, 0.1) is 71.0 Å². The summed E-state index contributed by atoms with van der Waals surface area (Å²) < 4.78 is 0. The maximum Gasteiger partial charge on any atom is -0.0352 e. The molecule has 0 nitrogen and oxygen atoms in total. The second-order valence-corrected chi connectivity index (χ2v) is 12.4. The molecular weight excluding hydrogens is 324 g/mol. The van der Waals surface area contributed by atoms with Crippen molar-refractivity contribution < 1.29 is 0 Å². The Kier molecular flexibility index (Phi) is 6.03. The van der Waals surface area contributed by atoms with Gasteiger partial charge in [0, 0.05) is 0 Å². The molecule has 0 aromatic carbocycles. The van der Waals surface area contributed by atoms with Crippen LogP contribution in [0.3, 0.4) is 0 Å². The summed E-state index contributed by atoms with van der Waals surface area (Å²) in [5.41, 5.74) is 0. The number of fused-ring (bicyclic) bond motifs is 2. The summed E-state index contributed by atoms with van der Waals surface area (Å²) in [6.07, 6.45) is 13.9. The molecule has 156 valence electrons. The fourth-order valence-corrected chi connectivity index (χ4v) is 8.80. The molecule has 0 aliphatic heterocycles. The Morgan fingerprint density at radius 3 is 1.19 bits per heavy atom. The van der Waals surface area contributed by atoms with Crippen LogP contribution in [-0.4, -0.2) is 0 Å². The van der Waals surface area contributed by atoms with E-state index in [-0.39, 0.29) is 0 Å². The number of hydrogen-bond donors (Lipinski definition) is 0. The van der Waals surface area contributed by atoms with Gasteiger partial charge in [-0.15, -0.1) is 0 Å². The molecule has 0 N–H and O–H groups in total. The van der Waals surface area contributed by atoms with Gasteiger partial charge in [0.1, 0.15) is 0 Å². The molecule has 0 bridgehead atoms. The van der Waals surface area contributed by atoms with E-state index in [1.165, 1.54) is 19.3 Å². The van der Waals surface area contributed by atoms with Crippen LogP contribution >= 0.6 is 0 Å². The number of hydrogen-bond acceptors (Lipinski definition) is 0. The summed E-state index contributed by atoms with van der Waals surface area (Å²) in [5, 5.41) is 0. The second kappa shape index (κ2) is 8.02. The molecule has 0 saturated heterocycles. The molecule has 0 heteroatoms. The van der Waals surface area contributed by atoms with Gasteiger partial charge in [0.2, 0.25) is 0 Å². The number of rotatable bonds is 4. The molecule has 4 aliphatic carbocycles. The average molecular weight is 373 g/mol. The summed E-state index contributed by atoms with van der Waals surface area (Å²) >= 11 is 0. The van der Waals surface area contributed by atoms with Crippen LogP contribution in [0.25, 0.3) is 0 Å². The highest BCUT2D eigenvalue weighted by atomic mass is 14.5. The zero-order valence-corrected chi connectivity index (χ0v) is 19.3. The standard InChI is InChI=1S/C27H48/c1-16-10-22-12-20(5)24(26(22)14-18(16)3)8-7-9-25-21(6)13-23-11-17(2)19(4)15-27(23)25/h16-27H,7-15H2,1-6H3. The molecule has 0 aromatic heterocycles. The van der Waals surface area contributed by atoms with Crippen LogP contribution < -0.4 is 0 Å².